The van der Waals surface area contributed by atoms with Crippen molar-refractivity contribution < 1.29 is 5.11 Å². The van der Waals surface area contributed by atoms with Crippen LogP contribution in [-0.4, -0.2) is 16.7 Å². The molecule has 136 valence electrons. The van der Waals surface area contributed by atoms with E-state index in [-0.39, 0.29) is 12.6 Å². The molecule has 2 aromatic carbocycles. The number of hydrogen-bond donors (Lipinski definition) is 2. The quantitative estimate of drug-likeness (QED) is 0.489. The summed E-state index contributed by atoms with van der Waals surface area (Å²) in [4.78, 5) is 5.61. The zero-order valence-electron chi connectivity index (χ0n) is 14.6. The van der Waals surface area contributed by atoms with Crippen LogP contribution in [0.3, 0.4) is 0 Å². The van der Waals surface area contributed by atoms with Crippen molar-refractivity contribution in [3.63, 3.8) is 0 Å². The lowest BCUT2D eigenvalue weighted by atomic mass is 10.0. The maximum atomic E-state index is 9.20. The number of thiophene rings is 1. The number of benzene rings is 2. The van der Waals surface area contributed by atoms with Gasteiger partial charge in [0.05, 0.1) is 11.7 Å². The first-order chi connectivity index (χ1) is 13.2. The highest BCUT2D eigenvalue weighted by Crippen LogP contribution is 2.38. The molecule has 5 heteroatoms. The van der Waals surface area contributed by atoms with Crippen LogP contribution in [0.25, 0.3) is 21.3 Å². The molecule has 0 aliphatic heterocycles. The molecule has 0 bridgehead atoms. The predicted octanol–water partition coefficient (Wildman–Crippen LogP) is 5.20. The monoisotopic (exact) mass is 394 g/mol. The molecule has 0 unspecified atom stereocenters. The number of nitrogens with zero attached hydrogens (tertiary/aromatic N) is 1. The minimum absolute atomic E-state index is 0.128. The Hall–Kier alpha value is -2.24. The van der Waals surface area contributed by atoms with E-state index in [9.17, 15) is 5.11 Å². The van der Waals surface area contributed by atoms with Crippen molar-refractivity contribution in [1.82, 2.24) is 4.98 Å². The van der Waals surface area contributed by atoms with Gasteiger partial charge in [-0.25, -0.2) is 0 Å². The molecule has 0 saturated carbocycles. The summed E-state index contributed by atoms with van der Waals surface area (Å²) < 4.78 is 1.16. The van der Waals surface area contributed by atoms with E-state index in [4.69, 9.17) is 17.3 Å². The molecule has 0 spiro atoms. The Morgan fingerprint density at radius 1 is 1.07 bits per heavy atom. The molecule has 1 atom stereocenters. The van der Waals surface area contributed by atoms with Crippen LogP contribution in [0.2, 0.25) is 5.02 Å². The van der Waals surface area contributed by atoms with Crippen LogP contribution in [0.5, 0.6) is 0 Å². The zero-order valence-corrected chi connectivity index (χ0v) is 16.2. The summed E-state index contributed by atoms with van der Waals surface area (Å²) in [6, 6.07) is 19.8. The summed E-state index contributed by atoms with van der Waals surface area (Å²) in [5.41, 5.74) is 10.5. The standard InChI is InChI=1S/C22H19ClN2OS/c23-18-7-2-1-5-16(18)21(24)20-13-15-4-3-6-17(22(15)27-20)19-12-14(9-11-26)8-10-25-19/h1-8,10,12-13,21,26H,9,11,24H2/t21-/m1/s1. The molecule has 2 aromatic heterocycles. The van der Waals surface area contributed by atoms with Gasteiger partial charge in [-0.3, -0.25) is 4.98 Å². The van der Waals surface area contributed by atoms with Crippen LogP contribution < -0.4 is 5.73 Å². The van der Waals surface area contributed by atoms with Crippen molar-refractivity contribution in [3.8, 4) is 11.3 Å². The van der Waals surface area contributed by atoms with Gasteiger partial charge in [0.25, 0.3) is 0 Å². The molecule has 0 aliphatic rings. The molecular formula is C22H19ClN2OS. The van der Waals surface area contributed by atoms with Gasteiger partial charge in [-0.15, -0.1) is 11.3 Å². The second-order valence-corrected chi connectivity index (χ2v) is 7.89. The van der Waals surface area contributed by atoms with E-state index >= 15 is 0 Å². The number of rotatable bonds is 5. The van der Waals surface area contributed by atoms with E-state index in [1.165, 1.54) is 0 Å². The summed E-state index contributed by atoms with van der Waals surface area (Å²) in [5, 5.41) is 11.0. The summed E-state index contributed by atoms with van der Waals surface area (Å²) in [5.74, 6) is 0. The van der Waals surface area contributed by atoms with Crippen LogP contribution in [-0.2, 0) is 6.42 Å². The molecule has 0 saturated heterocycles. The highest BCUT2D eigenvalue weighted by Gasteiger charge is 2.17. The van der Waals surface area contributed by atoms with Crippen molar-refractivity contribution in [2.45, 2.75) is 12.5 Å². The van der Waals surface area contributed by atoms with E-state index in [1.807, 2.05) is 42.5 Å². The normalized spacial score (nSPS) is 12.4. The first-order valence-electron chi connectivity index (χ1n) is 8.76. The maximum Gasteiger partial charge on any atom is 0.0719 e. The first-order valence-corrected chi connectivity index (χ1v) is 9.95. The van der Waals surface area contributed by atoms with Crippen LogP contribution in [0.4, 0.5) is 0 Å². The van der Waals surface area contributed by atoms with Gasteiger partial charge >= 0.3 is 0 Å². The van der Waals surface area contributed by atoms with E-state index in [2.05, 4.69) is 23.2 Å². The summed E-state index contributed by atoms with van der Waals surface area (Å²) in [6.45, 7) is 0.128. The number of aromatic nitrogens is 1. The topological polar surface area (TPSA) is 59.1 Å². The third-order valence-corrected chi connectivity index (χ3v) is 6.22. The second kappa shape index (κ2) is 7.79. The van der Waals surface area contributed by atoms with E-state index in [0.717, 1.165) is 37.3 Å². The molecule has 0 fully saturated rings. The fraction of sp³-hybridized carbons (Fsp3) is 0.136. The second-order valence-electron chi connectivity index (χ2n) is 6.39. The lowest BCUT2D eigenvalue weighted by Crippen LogP contribution is -2.10. The Labute approximate surface area is 167 Å². The van der Waals surface area contributed by atoms with Crippen LogP contribution in [0.1, 0.15) is 22.0 Å². The third kappa shape index (κ3) is 3.62. The van der Waals surface area contributed by atoms with Crippen molar-refractivity contribution in [1.29, 1.82) is 0 Å². The molecule has 3 nitrogen and oxygen atoms in total. The Kier molecular flexibility index (Phi) is 5.23. The lowest BCUT2D eigenvalue weighted by Gasteiger charge is -2.11. The molecule has 2 heterocycles. The number of pyridine rings is 1. The number of hydrogen-bond acceptors (Lipinski definition) is 4. The van der Waals surface area contributed by atoms with E-state index in [1.54, 1.807) is 17.5 Å². The average molecular weight is 395 g/mol. The number of aliphatic hydroxyl groups is 1. The predicted molar refractivity (Wildman–Crippen MR) is 113 cm³/mol. The maximum absolute atomic E-state index is 9.20. The third-order valence-electron chi connectivity index (χ3n) is 4.61. The van der Waals surface area contributed by atoms with Gasteiger partial charge in [0.2, 0.25) is 0 Å². The highest BCUT2D eigenvalue weighted by atomic mass is 35.5. The van der Waals surface area contributed by atoms with Crippen molar-refractivity contribution in [2.24, 2.45) is 5.73 Å². The Balaban J connectivity index is 1.79. The average Bonchev–Trinajstić information content (AvgIpc) is 3.13. The van der Waals surface area contributed by atoms with Gasteiger partial charge in [-0.2, -0.15) is 0 Å². The number of halogens is 1. The first kappa shape index (κ1) is 18.1. The summed E-state index contributed by atoms with van der Waals surface area (Å²) in [6.07, 6.45) is 2.42. The number of fused-ring (bicyclic) bond motifs is 1. The van der Waals surface area contributed by atoms with Gasteiger partial charge in [-0.1, -0.05) is 48.0 Å². The Morgan fingerprint density at radius 2 is 1.93 bits per heavy atom. The molecule has 27 heavy (non-hydrogen) atoms. The van der Waals surface area contributed by atoms with Gasteiger partial charge in [0.15, 0.2) is 0 Å². The van der Waals surface area contributed by atoms with E-state index < -0.39 is 0 Å². The molecule has 0 radical (unpaired) electrons. The van der Waals surface area contributed by atoms with Crippen LogP contribution >= 0.6 is 22.9 Å². The van der Waals surface area contributed by atoms with Gasteiger partial charge in [0, 0.05) is 33.0 Å². The SMILES string of the molecule is N[C@@H](c1cc2cccc(-c3cc(CCO)ccn3)c2s1)c1ccccc1Cl. The van der Waals surface area contributed by atoms with Gasteiger partial charge < -0.3 is 10.8 Å². The molecule has 0 amide bonds. The molecule has 3 N–H and O–H groups in total. The summed E-state index contributed by atoms with van der Waals surface area (Å²) in [7, 11) is 0. The smallest absolute Gasteiger partial charge is 0.0719 e. The van der Waals surface area contributed by atoms with Crippen LogP contribution in [0, 0.1) is 0 Å². The molecular weight excluding hydrogens is 376 g/mol. The van der Waals surface area contributed by atoms with Gasteiger partial charge in [-0.05, 0) is 47.2 Å². The fourth-order valence-corrected chi connectivity index (χ4v) is 4.68. The van der Waals surface area contributed by atoms with Crippen molar-refractivity contribution >= 4 is 33.0 Å². The molecule has 0 aliphatic carbocycles. The fourth-order valence-electron chi connectivity index (χ4n) is 3.22. The Morgan fingerprint density at radius 3 is 2.74 bits per heavy atom. The van der Waals surface area contributed by atoms with E-state index in [0.29, 0.717) is 11.4 Å². The lowest BCUT2D eigenvalue weighted by molar-refractivity contribution is 0.299. The minimum atomic E-state index is -0.266. The van der Waals surface area contributed by atoms with Gasteiger partial charge in [0.1, 0.15) is 0 Å². The minimum Gasteiger partial charge on any atom is -0.396 e. The molecule has 4 aromatic rings. The Bertz CT molecular complexity index is 1090. The van der Waals surface area contributed by atoms with Crippen molar-refractivity contribution in [2.75, 3.05) is 6.61 Å². The number of aliphatic hydroxyl groups excluding tert-OH is 1. The summed E-state index contributed by atoms with van der Waals surface area (Å²) >= 11 is 8.01. The highest BCUT2D eigenvalue weighted by molar-refractivity contribution is 7.19. The number of nitrogens with two attached hydrogens (primary N) is 1. The zero-order chi connectivity index (χ0) is 18.8. The largest absolute Gasteiger partial charge is 0.396 e. The van der Waals surface area contributed by atoms with Crippen LogP contribution in [0.15, 0.2) is 66.9 Å². The molecule has 4 rings (SSSR count). The van der Waals surface area contributed by atoms with Crippen molar-refractivity contribution in [3.05, 3.63) is 87.9 Å².